The highest BCUT2D eigenvalue weighted by Gasteiger charge is 2.36. The number of carbonyl (C=O) groups excluding carboxylic acids is 2. The summed E-state index contributed by atoms with van der Waals surface area (Å²) in [5, 5.41) is 11.7. The molecule has 0 radical (unpaired) electrons. The molecule has 0 aliphatic carbocycles. The number of amides is 1. The molecular weight excluding hydrogens is 693 g/mol. The van der Waals surface area contributed by atoms with Gasteiger partial charge in [0.05, 0.1) is 55.1 Å². The minimum Gasteiger partial charge on any atom is -0.334 e. The van der Waals surface area contributed by atoms with Crippen molar-refractivity contribution in [1.82, 2.24) is 14.0 Å². The molecule has 50 heavy (non-hydrogen) atoms. The Hall–Kier alpha value is -6.02. The molecule has 1 atom stereocenters. The van der Waals surface area contributed by atoms with Crippen LogP contribution in [-0.2, 0) is 23.0 Å². The van der Waals surface area contributed by atoms with Gasteiger partial charge in [-0.3, -0.25) is 9.59 Å². The van der Waals surface area contributed by atoms with Gasteiger partial charge in [-0.25, -0.2) is 31.5 Å². The van der Waals surface area contributed by atoms with Gasteiger partial charge in [-0.05, 0) is 54.1 Å². The van der Waals surface area contributed by atoms with E-state index in [4.69, 9.17) is 4.78 Å². The Morgan fingerprint density at radius 3 is 2.24 bits per heavy atom. The first-order valence-electron chi connectivity index (χ1n) is 14.1. The van der Waals surface area contributed by atoms with Crippen molar-refractivity contribution in [2.75, 3.05) is 11.6 Å². The number of nitrogens with zero attached hydrogens (tertiary/aromatic N) is 4. The van der Waals surface area contributed by atoms with Crippen molar-refractivity contribution in [3.05, 3.63) is 118 Å². The van der Waals surface area contributed by atoms with Crippen molar-refractivity contribution in [1.29, 1.82) is 10.0 Å². The Morgan fingerprint density at radius 2 is 1.62 bits per heavy atom. The van der Waals surface area contributed by atoms with E-state index in [-0.39, 0.29) is 33.4 Å². The van der Waals surface area contributed by atoms with Crippen LogP contribution in [0.3, 0.4) is 0 Å². The monoisotopic (exact) mass is 712 g/mol. The molecule has 0 saturated heterocycles. The number of aromatic nitrogens is 3. The van der Waals surface area contributed by atoms with E-state index in [9.17, 15) is 49.8 Å². The lowest BCUT2D eigenvalue weighted by molar-refractivity contribution is -0.137. The molecule has 17 heteroatoms. The molecule has 0 aliphatic heterocycles. The molecule has 6 rings (SSSR count). The van der Waals surface area contributed by atoms with Gasteiger partial charge in [-0.1, -0.05) is 6.07 Å². The van der Waals surface area contributed by atoms with E-state index in [2.05, 4.69) is 4.98 Å². The van der Waals surface area contributed by atoms with Gasteiger partial charge >= 0.3 is 6.18 Å². The summed E-state index contributed by atoms with van der Waals surface area (Å²) < 4.78 is 123. The quantitative estimate of drug-likeness (QED) is 0.105. The molecular formula is C33H19F7N6O3S. The summed E-state index contributed by atoms with van der Waals surface area (Å²) >= 11 is 0. The highest BCUT2D eigenvalue weighted by Crippen LogP contribution is 2.41. The zero-order chi connectivity index (χ0) is 36.4. The summed E-state index contributed by atoms with van der Waals surface area (Å²) in [6, 6.07) is 12.8. The van der Waals surface area contributed by atoms with Crippen molar-refractivity contribution in [2.45, 2.75) is 11.1 Å². The van der Waals surface area contributed by atoms with Crippen LogP contribution in [-0.4, -0.2) is 36.1 Å². The first-order valence-corrected chi connectivity index (χ1v) is 16.0. The zero-order valence-electron chi connectivity index (χ0n) is 25.4. The van der Waals surface area contributed by atoms with Crippen LogP contribution in [0, 0.1) is 39.4 Å². The van der Waals surface area contributed by atoms with Crippen LogP contribution in [0.5, 0.6) is 0 Å². The predicted molar refractivity (Wildman–Crippen MR) is 166 cm³/mol. The van der Waals surface area contributed by atoms with Crippen molar-refractivity contribution < 1.29 is 44.5 Å². The average Bonchev–Trinajstić information content (AvgIpc) is 3.65. The van der Waals surface area contributed by atoms with E-state index >= 15 is 0 Å². The van der Waals surface area contributed by atoms with Crippen molar-refractivity contribution in [2.24, 2.45) is 7.05 Å². The second kappa shape index (κ2) is 11.8. The van der Waals surface area contributed by atoms with Crippen molar-refractivity contribution in [3.8, 4) is 17.2 Å². The number of pyridine rings is 1. The molecule has 1 unspecified atom stereocenters. The number of aryl methyl sites for hydroxylation is 1. The fraction of sp³-hybridized carbons (Fsp3) is 0.0909. The topological polar surface area (TPSA) is 133 Å². The van der Waals surface area contributed by atoms with Crippen LogP contribution in [0.25, 0.3) is 27.7 Å². The molecule has 2 N–H and O–H groups in total. The second-order valence-corrected chi connectivity index (χ2v) is 13.2. The molecule has 0 aliphatic rings. The third-order valence-electron chi connectivity index (χ3n) is 7.88. The molecule has 0 bridgehead atoms. The highest BCUT2D eigenvalue weighted by molar-refractivity contribution is 7.91. The maximum absolute atomic E-state index is 14.7. The molecule has 0 spiro atoms. The van der Waals surface area contributed by atoms with E-state index in [1.54, 1.807) is 13.1 Å². The molecule has 3 heterocycles. The number of halogens is 7. The zero-order valence-corrected chi connectivity index (χ0v) is 26.2. The van der Waals surface area contributed by atoms with Gasteiger partial charge in [-0.15, -0.1) is 0 Å². The van der Waals surface area contributed by atoms with Gasteiger partial charge < -0.3 is 14.3 Å². The molecule has 9 nitrogen and oxygen atoms in total. The van der Waals surface area contributed by atoms with Gasteiger partial charge in [0.15, 0.2) is 23.3 Å². The predicted octanol–water partition coefficient (Wildman–Crippen LogP) is 7.46. The summed E-state index contributed by atoms with van der Waals surface area (Å²) in [7, 11) is -2.72. The fourth-order valence-corrected chi connectivity index (χ4v) is 6.42. The Morgan fingerprint density at radius 1 is 0.940 bits per heavy atom. The Bertz CT molecular complexity index is 2570. The van der Waals surface area contributed by atoms with Crippen LogP contribution in [0.15, 0.2) is 72.0 Å². The second-order valence-electron chi connectivity index (χ2n) is 11.1. The van der Waals surface area contributed by atoms with Gasteiger partial charge in [0.25, 0.3) is 5.91 Å². The van der Waals surface area contributed by atoms with Crippen LogP contribution in [0.2, 0.25) is 0 Å². The highest BCUT2D eigenvalue weighted by atomic mass is 32.2. The molecule has 0 saturated carbocycles. The third kappa shape index (κ3) is 5.52. The Labute approximate surface area is 277 Å². The lowest BCUT2D eigenvalue weighted by atomic mass is 9.98. The van der Waals surface area contributed by atoms with Crippen LogP contribution in [0.4, 0.5) is 36.4 Å². The van der Waals surface area contributed by atoms with E-state index < -0.39 is 78.1 Å². The lowest BCUT2D eigenvalue weighted by Gasteiger charge is -2.15. The average molecular weight is 713 g/mol. The number of nitrogens with one attached hydrogen (secondary N) is 2. The number of benzene rings is 3. The van der Waals surface area contributed by atoms with E-state index in [0.717, 1.165) is 24.3 Å². The Kier molecular flexibility index (Phi) is 8.02. The van der Waals surface area contributed by atoms with E-state index in [0.29, 0.717) is 11.8 Å². The molecule has 6 aromatic rings. The molecule has 3 aromatic carbocycles. The molecule has 3 aromatic heterocycles. The summed E-state index contributed by atoms with van der Waals surface area (Å²) in [6.07, 6.45) is -1.38. The number of ketones is 1. The summed E-state index contributed by atoms with van der Waals surface area (Å²) in [5.41, 5.74) is -2.87. The van der Waals surface area contributed by atoms with E-state index in [1.165, 1.54) is 51.8 Å². The maximum atomic E-state index is 14.7. The number of hydrogen-bond donors (Lipinski definition) is 2. The normalized spacial score (nSPS) is 13.0. The minimum absolute atomic E-state index is 0.0212. The summed E-state index contributed by atoms with van der Waals surface area (Å²) in [4.78, 5) is 28.9. The number of nitriles is 1. The largest absolute Gasteiger partial charge is 0.417 e. The standard InChI is InChI=1S/C33H19F7N6O3S/c1-45-14-43-21-11-18(19(12-24(21)45)33(38,39)40)17-4-3-9-46-22(17)7-8-23(46)30(47)15-5-6-20(16(10-15)13-41)44-32(48)25-26(34)28(36)31(50(2,42)49)29(37)27(25)35/h3-12,14,42H,1-2H3,(H,44,48). The van der Waals surface area contributed by atoms with Crippen LogP contribution in [0.1, 0.15) is 37.5 Å². The van der Waals surface area contributed by atoms with E-state index in [1.807, 2.05) is 5.32 Å². The molecule has 254 valence electrons. The number of fused-ring (bicyclic) bond motifs is 2. The number of imidazole rings is 1. The van der Waals surface area contributed by atoms with Gasteiger partial charge in [0.2, 0.25) is 5.78 Å². The van der Waals surface area contributed by atoms with Crippen LogP contribution < -0.4 is 5.32 Å². The maximum Gasteiger partial charge on any atom is 0.417 e. The summed E-state index contributed by atoms with van der Waals surface area (Å²) in [6.45, 7) is 0. The first kappa shape index (κ1) is 33.9. The molecule has 0 fully saturated rings. The molecule has 1 amide bonds. The smallest absolute Gasteiger partial charge is 0.334 e. The third-order valence-corrected chi connectivity index (χ3v) is 9.01. The van der Waals surface area contributed by atoms with Gasteiger partial charge in [0.1, 0.15) is 16.5 Å². The van der Waals surface area contributed by atoms with Gasteiger partial charge in [0, 0.05) is 30.6 Å². The number of anilines is 1. The number of alkyl halides is 3. The fourth-order valence-electron chi connectivity index (χ4n) is 5.56. The van der Waals surface area contributed by atoms with Gasteiger partial charge in [-0.2, -0.15) is 18.4 Å². The number of hydrogen-bond acceptors (Lipinski definition) is 6. The first-order chi connectivity index (χ1) is 23.4. The number of carbonyl (C=O) groups is 2. The van der Waals surface area contributed by atoms with Crippen LogP contribution >= 0.6 is 0 Å². The Balaban J connectivity index is 1.36. The SMILES string of the molecule is Cn1cnc2cc(-c3cccn4c(C(=O)c5ccc(NC(=O)c6c(F)c(F)c(S(C)(=N)=O)c(F)c6F)c(C#N)c5)ccc34)c(C(F)(F)F)cc21. The van der Waals surface area contributed by atoms with Crippen molar-refractivity contribution in [3.63, 3.8) is 0 Å². The number of rotatable bonds is 6. The van der Waals surface area contributed by atoms with Crippen molar-refractivity contribution >= 4 is 43.7 Å². The minimum atomic E-state index is -4.73. The summed E-state index contributed by atoms with van der Waals surface area (Å²) in [5.74, 6) is -11.3. The lowest BCUT2D eigenvalue weighted by Crippen LogP contribution is -2.21.